The topological polar surface area (TPSA) is 38.7 Å². The zero-order valence-corrected chi connectivity index (χ0v) is 41.1. The standard InChI is InChI=1S/C69H49N3S/c1-2-14-56(58-37-36-53(69-62-18-4-3-15-57(62)59-16-5-7-21-66(59)72-69)44-63(58)52-35-38-61-60-17-6-8-22-67(60)73-68(61)45-52)55(13-1)54-42-48(25-23-46-27-31-50(32-28-46)64-19-9-11-39-70-64)41-49(43-54)26-24-47-29-33-51(34-30-47)65-20-10-12-40-71-65/h1-22,27-45H,23-26H2. The highest BCUT2D eigenvalue weighted by atomic mass is 32.1. The van der Waals surface area contributed by atoms with Crippen molar-refractivity contribution in [3.8, 4) is 67.2 Å². The van der Waals surface area contributed by atoms with E-state index in [0.717, 1.165) is 70.4 Å². The second-order valence-electron chi connectivity index (χ2n) is 19.0. The second kappa shape index (κ2) is 19.4. The molecule has 0 fully saturated rings. The number of fused-ring (bicyclic) bond motifs is 6. The van der Waals surface area contributed by atoms with Crippen molar-refractivity contribution in [2.45, 2.75) is 25.7 Å². The fraction of sp³-hybridized carbons (Fsp3) is 0.0580. The molecule has 13 rings (SSSR count). The van der Waals surface area contributed by atoms with Gasteiger partial charge in [-0.25, -0.2) is 4.98 Å². The number of benzene rings is 9. The van der Waals surface area contributed by atoms with Crippen molar-refractivity contribution < 1.29 is 0 Å². The fourth-order valence-corrected chi connectivity index (χ4v) is 11.8. The summed E-state index contributed by atoms with van der Waals surface area (Å²) in [6, 6.07) is 86.4. The smallest absolute Gasteiger partial charge is 0.0788 e. The molecule has 0 bridgehead atoms. The lowest BCUT2D eigenvalue weighted by Crippen LogP contribution is -1.98. The second-order valence-corrected chi connectivity index (χ2v) is 20.1. The van der Waals surface area contributed by atoms with Crippen LogP contribution in [0.1, 0.15) is 22.3 Å². The SMILES string of the molecule is c1ccc(-c2ccc(CCc3cc(CCc4ccc(-c5ccccn5)cc4)cc(-c4ccccc4-c4ccc(-c5nc6ccccc6c6ccccc56)cc4-c4ccc5c(c4)sc4ccccc45)c3)cc2)nc1. The first-order valence-electron chi connectivity index (χ1n) is 25.2. The summed E-state index contributed by atoms with van der Waals surface area (Å²) in [4.78, 5) is 14.6. The Morgan fingerprint density at radius 3 is 1.48 bits per heavy atom. The Morgan fingerprint density at radius 2 is 0.808 bits per heavy atom. The first-order chi connectivity index (χ1) is 36.1. The summed E-state index contributed by atoms with van der Waals surface area (Å²) in [5, 5.41) is 6.13. The van der Waals surface area contributed by atoms with Gasteiger partial charge in [-0.2, -0.15) is 0 Å². The molecule has 0 radical (unpaired) electrons. The zero-order valence-electron chi connectivity index (χ0n) is 40.2. The highest BCUT2D eigenvalue weighted by molar-refractivity contribution is 7.25. The lowest BCUT2D eigenvalue weighted by molar-refractivity contribution is 0.931. The van der Waals surface area contributed by atoms with Gasteiger partial charge in [0, 0.05) is 60.0 Å². The van der Waals surface area contributed by atoms with Crippen LogP contribution < -0.4 is 0 Å². The maximum absolute atomic E-state index is 5.39. The Bertz CT molecular complexity index is 4020. The monoisotopic (exact) mass is 951 g/mol. The summed E-state index contributed by atoms with van der Waals surface area (Å²) in [7, 11) is 0. The quantitative estimate of drug-likeness (QED) is 0.115. The highest BCUT2D eigenvalue weighted by Crippen LogP contribution is 2.44. The van der Waals surface area contributed by atoms with E-state index in [1.807, 2.05) is 48.0 Å². The number of pyridine rings is 3. The Labute approximate surface area is 429 Å². The molecule has 0 atom stereocenters. The molecule has 4 aromatic heterocycles. The molecule has 0 N–H and O–H groups in total. The molecule has 0 spiro atoms. The molecule has 4 heteroatoms. The molecule has 13 aromatic rings. The normalized spacial score (nSPS) is 11.5. The summed E-state index contributed by atoms with van der Waals surface area (Å²) >= 11 is 1.87. The van der Waals surface area contributed by atoms with Gasteiger partial charge in [-0.05, 0) is 135 Å². The summed E-state index contributed by atoms with van der Waals surface area (Å²) < 4.78 is 2.59. The lowest BCUT2D eigenvalue weighted by atomic mass is 9.86. The van der Waals surface area contributed by atoms with Gasteiger partial charge in [0.2, 0.25) is 0 Å². The van der Waals surface area contributed by atoms with Crippen molar-refractivity contribution in [2.75, 3.05) is 0 Å². The van der Waals surface area contributed by atoms with Gasteiger partial charge in [0.1, 0.15) is 0 Å². The minimum Gasteiger partial charge on any atom is -0.256 e. The van der Waals surface area contributed by atoms with Gasteiger partial charge in [-0.3, -0.25) is 9.97 Å². The molecule has 0 unspecified atom stereocenters. The minimum absolute atomic E-state index is 0.923. The summed E-state index contributed by atoms with van der Waals surface area (Å²) in [5.41, 5.74) is 19.9. The first kappa shape index (κ1) is 44.1. The average Bonchev–Trinajstić information content (AvgIpc) is 3.84. The van der Waals surface area contributed by atoms with Crippen molar-refractivity contribution in [1.82, 2.24) is 15.0 Å². The zero-order chi connectivity index (χ0) is 48.5. The molecule has 4 heterocycles. The van der Waals surface area contributed by atoms with E-state index in [1.54, 1.807) is 0 Å². The van der Waals surface area contributed by atoms with Crippen LogP contribution in [0.3, 0.4) is 0 Å². The predicted octanol–water partition coefficient (Wildman–Crippen LogP) is 18.1. The molecule has 73 heavy (non-hydrogen) atoms. The fourth-order valence-electron chi connectivity index (χ4n) is 10.7. The third-order valence-corrected chi connectivity index (χ3v) is 15.5. The van der Waals surface area contributed by atoms with Gasteiger partial charge >= 0.3 is 0 Å². The first-order valence-corrected chi connectivity index (χ1v) is 26.0. The molecule has 3 nitrogen and oxygen atoms in total. The van der Waals surface area contributed by atoms with Crippen LogP contribution in [-0.2, 0) is 25.7 Å². The molecule has 0 saturated carbocycles. The maximum Gasteiger partial charge on any atom is 0.0788 e. The van der Waals surface area contributed by atoms with E-state index in [4.69, 9.17) is 4.98 Å². The highest BCUT2D eigenvalue weighted by Gasteiger charge is 2.19. The Morgan fingerprint density at radius 1 is 0.288 bits per heavy atom. The molecular weight excluding hydrogens is 903 g/mol. The number of nitrogens with zero attached hydrogens (tertiary/aromatic N) is 3. The molecule has 0 saturated heterocycles. The van der Waals surface area contributed by atoms with Gasteiger partial charge in [0.05, 0.1) is 22.6 Å². The van der Waals surface area contributed by atoms with Gasteiger partial charge in [-0.1, -0.05) is 188 Å². The summed E-state index contributed by atoms with van der Waals surface area (Å²) in [6.07, 6.45) is 7.43. The summed E-state index contributed by atoms with van der Waals surface area (Å²) in [5.74, 6) is 0. The predicted molar refractivity (Wildman–Crippen MR) is 308 cm³/mol. The number of para-hydroxylation sites is 1. The van der Waals surface area contributed by atoms with Crippen molar-refractivity contribution in [2.24, 2.45) is 0 Å². The van der Waals surface area contributed by atoms with E-state index >= 15 is 0 Å². The van der Waals surface area contributed by atoms with Crippen molar-refractivity contribution >= 4 is 53.2 Å². The Kier molecular flexibility index (Phi) is 11.7. The molecule has 0 aliphatic carbocycles. The molecule has 9 aromatic carbocycles. The lowest BCUT2D eigenvalue weighted by Gasteiger charge is -2.18. The number of aryl methyl sites for hydroxylation is 4. The number of thiophene rings is 1. The molecule has 0 aliphatic rings. The van der Waals surface area contributed by atoms with Crippen LogP contribution in [0.4, 0.5) is 0 Å². The van der Waals surface area contributed by atoms with Crippen LogP contribution in [0.15, 0.2) is 249 Å². The van der Waals surface area contributed by atoms with Gasteiger partial charge in [0.25, 0.3) is 0 Å². The Balaban J connectivity index is 0.919. The van der Waals surface area contributed by atoms with Gasteiger partial charge < -0.3 is 0 Å². The van der Waals surface area contributed by atoms with E-state index in [2.05, 4.69) is 222 Å². The minimum atomic E-state index is 0.923. The van der Waals surface area contributed by atoms with Gasteiger partial charge in [0.15, 0.2) is 0 Å². The number of hydrogen-bond donors (Lipinski definition) is 0. The molecular formula is C69H49N3S. The number of hydrogen-bond acceptors (Lipinski definition) is 4. The van der Waals surface area contributed by atoms with Crippen LogP contribution in [0, 0.1) is 0 Å². The van der Waals surface area contributed by atoms with E-state index in [1.165, 1.54) is 86.6 Å². The third-order valence-electron chi connectivity index (χ3n) is 14.4. The molecule has 0 amide bonds. The van der Waals surface area contributed by atoms with E-state index in [0.29, 0.717) is 0 Å². The van der Waals surface area contributed by atoms with E-state index in [9.17, 15) is 0 Å². The van der Waals surface area contributed by atoms with Crippen LogP contribution >= 0.6 is 11.3 Å². The van der Waals surface area contributed by atoms with E-state index < -0.39 is 0 Å². The molecule has 346 valence electrons. The van der Waals surface area contributed by atoms with Crippen molar-refractivity contribution in [1.29, 1.82) is 0 Å². The van der Waals surface area contributed by atoms with Crippen LogP contribution in [0.2, 0.25) is 0 Å². The third kappa shape index (κ3) is 8.88. The van der Waals surface area contributed by atoms with Crippen LogP contribution in [-0.4, -0.2) is 15.0 Å². The average molecular weight is 952 g/mol. The summed E-state index contributed by atoms with van der Waals surface area (Å²) in [6.45, 7) is 0. The van der Waals surface area contributed by atoms with Crippen molar-refractivity contribution in [3.63, 3.8) is 0 Å². The Hall–Kier alpha value is -8.83. The maximum atomic E-state index is 5.39. The number of aromatic nitrogens is 3. The van der Waals surface area contributed by atoms with Crippen LogP contribution in [0.5, 0.6) is 0 Å². The van der Waals surface area contributed by atoms with Gasteiger partial charge in [-0.15, -0.1) is 11.3 Å². The molecule has 0 aliphatic heterocycles. The van der Waals surface area contributed by atoms with Crippen LogP contribution in [0.25, 0.3) is 109 Å². The largest absolute Gasteiger partial charge is 0.256 e. The number of rotatable bonds is 12. The van der Waals surface area contributed by atoms with E-state index in [-0.39, 0.29) is 0 Å². The van der Waals surface area contributed by atoms with Crippen molar-refractivity contribution in [3.05, 3.63) is 271 Å².